The standard InChI is InChI=1S/C17H21ClFNO6/c1-4-10(2)16(17(23)24-3)20-14(21)8-26-15(22)9-25-13-6-5-11(19)7-12(13)18/h5-7,10,16H,4,8-9H2,1-3H3,(H,20,21)/t10-,16-/m1/s1. The van der Waals surface area contributed by atoms with Crippen molar-refractivity contribution in [1.82, 2.24) is 5.32 Å². The molecule has 0 radical (unpaired) electrons. The number of benzene rings is 1. The fourth-order valence-corrected chi connectivity index (χ4v) is 2.15. The van der Waals surface area contributed by atoms with Crippen molar-refractivity contribution in [1.29, 1.82) is 0 Å². The Labute approximate surface area is 155 Å². The van der Waals surface area contributed by atoms with E-state index in [9.17, 15) is 18.8 Å². The average molecular weight is 390 g/mol. The molecule has 144 valence electrons. The van der Waals surface area contributed by atoms with E-state index in [4.69, 9.17) is 21.1 Å². The van der Waals surface area contributed by atoms with E-state index < -0.39 is 42.9 Å². The predicted octanol–water partition coefficient (Wildman–Crippen LogP) is 2.10. The van der Waals surface area contributed by atoms with E-state index >= 15 is 0 Å². The number of carbonyl (C=O) groups excluding carboxylic acids is 3. The first-order valence-electron chi connectivity index (χ1n) is 7.89. The highest BCUT2D eigenvalue weighted by Crippen LogP contribution is 2.24. The molecule has 1 N–H and O–H groups in total. The Balaban J connectivity index is 2.45. The first kappa shape index (κ1) is 21.7. The van der Waals surface area contributed by atoms with Crippen molar-refractivity contribution in [2.45, 2.75) is 26.3 Å². The number of hydrogen-bond acceptors (Lipinski definition) is 6. The first-order valence-corrected chi connectivity index (χ1v) is 8.26. The van der Waals surface area contributed by atoms with Crippen molar-refractivity contribution in [3.63, 3.8) is 0 Å². The van der Waals surface area contributed by atoms with Gasteiger partial charge < -0.3 is 19.5 Å². The average Bonchev–Trinajstić information content (AvgIpc) is 2.62. The van der Waals surface area contributed by atoms with Crippen LogP contribution < -0.4 is 10.1 Å². The van der Waals surface area contributed by atoms with Gasteiger partial charge in [-0.15, -0.1) is 0 Å². The van der Waals surface area contributed by atoms with E-state index in [2.05, 4.69) is 10.1 Å². The molecule has 26 heavy (non-hydrogen) atoms. The zero-order chi connectivity index (χ0) is 19.7. The molecule has 0 aliphatic heterocycles. The largest absolute Gasteiger partial charge is 0.480 e. The van der Waals surface area contributed by atoms with Crippen LogP contribution in [0.25, 0.3) is 0 Å². The molecule has 0 aliphatic carbocycles. The van der Waals surface area contributed by atoms with Gasteiger partial charge in [0, 0.05) is 0 Å². The number of halogens is 2. The molecule has 0 fully saturated rings. The molecule has 1 amide bonds. The van der Waals surface area contributed by atoms with Crippen LogP contribution in [0.3, 0.4) is 0 Å². The summed E-state index contributed by atoms with van der Waals surface area (Å²) >= 11 is 5.76. The van der Waals surface area contributed by atoms with Crippen LogP contribution in [0.15, 0.2) is 18.2 Å². The van der Waals surface area contributed by atoms with Gasteiger partial charge in [-0.2, -0.15) is 0 Å². The summed E-state index contributed by atoms with van der Waals surface area (Å²) < 4.78 is 27.4. The van der Waals surface area contributed by atoms with E-state index in [-0.39, 0.29) is 16.7 Å². The summed E-state index contributed by atoms with van der Waals surface area (Å²) in [5.74, 6) is -2.62. The quantitative estimate of drug-likeness (QED) is 0.650. The maximum Gasteiger partial charge on any atom is 0.344 e. The SMILES string of the molecule is CC[C@@H](C)[C@@H](NC(=O)COC(=O)COc1ccc(F)cc1Cl)C(=O)OC. The maximum atomic E-state index is 12.9. The first-order chi connectivity index (χ1) is 12.3. The van der Waals surface area contributed by atoms with E-state index in [1.165, 1.54) is 13.2 Å². The molecule has 1 rings (SSSR count). The molecule has 0 unspecified atom stereocenters. The van der Waals surface area contributed by atoms with Crippen LogP contribution in [0.2, 0.25) is 5.02 Å². The minimum atomic E-state index is -0.828. The van der Waals surface area contributed by atoms with Crippen LogP contribution in [0, 0.1) is 11.7 Å². The molecular formula is C17H21ClFNO6. The van der Waals surface area contributed by atoms with Crippen LogP contribution in [0.4, 0.5) is 4.39 Å². The van der Waals surface area contributed by atoms with Gasteiger partial charge in [-0.25, -0.2) is 14.0 Å². The van der Waals surface area contributed by atoms with Crippen molar-refractivity contribution in [3.05, 3.63) is 29.0 Å². The van der Waals surface area contributed by atoms with Crippen LogP contribution in [0.5, 0.6) is 5.75 Å². The van der Waals surface area contributed by atoms with Gasteiger partial charge in [-0.05, 0) is 24.1 Å². The summed E-state index contributed by atoms with van der Waals surface area (Å²) in [6.07, 6.45) is 0.645. The van der Waals surface area contributed by atoms with Crippen LogP contribution in [0.1, 0.15) is 20.3 Å². The predicted molar refractivity (Wildman–Crippen MR) is 91.3 cm³/mol. The fraction of sp³-hybridized carbons (Fsp3) is 0.471. The number of amides is 1. The second-order valence-corrected chi connectivity index (χ2v) is 5.89. The van der Waals surface area contributed by atoms with Gasteiger partial charge in [0.15, 0.2) is 13.2 Å². The molecule has 9 heteroatoms. The van der Waals surface area contributed by atoms with Gasteiger partial charge in [0.25, 0.3) is 5.91 Å². The zero-order valence-corrected chi connectivity index (χ0v) is 15.5. The number of esters is 2. The van der Waals surface area contributed by atoms with Gasteiger partial charge in [0.1, 0.15) is 17.6 Å². The maximum absolute atomic E-state index is 12.9. The lowest BCUT2D eigenvalue weighted by molar-refractivity contribution is -0.152. The minimum Gasteiger partial charge on any atom is -0.480 e. The van der Waals surface area contributed by atoms with Gasteiger partial charge >= 0.3 is 11.9 Å². The lowest BCUT2D eigenvalue weighted by Crippen LogP contribution is -2.47. The summed E-state index contributed by atoms with van der Waals surface area (Å²) in [4.78, 5) is 35.2. The van der Waals surface area contributed by atoms with Crippen LogP contribution >= 0.6 is 11.6 Å². The third-order valence-electron chi connectivity index (χ3n) is 3.59. The normalized spacial score (nSPS) is 12.7. The van der Waals surface area contributed by atoms with E-state index in [1.807, 2.05) is 6.92 Å². The highest BCUT2D eigenvalue weighted by atomic mass is 35.5. The number of rotatable bonds is 9. The van der Waals surface area contributed by atoms with Crippen molar-refractivity contribution in [3.8, 4) is 5.75 Å². The Kier molecular flexibility index (Phi) is 8.84. The van der Waals surface area contributed by atoms with Crippen LogP contribution in [-0.4, -0.2) is 44.2 Å². The third kappa shape index (κ3) is 6.87. The second kappa shape index (κ2) is 10.6. The molecule has 7 nitrogen and oxygen atoms in total. The molecule has 0 saturated heterocycles. The minimum absolute atomic E-state index is 0.00464. The Morgan fingerprint density at radius 1 is 1.27 bits per heavy atom. The summed E-state index contributed by atoms with van der Waals surface area (Å²) in [5.41, 5.74) is 0. The number of ether oxygens (including phenoxy) is 3. The Hall–Kier alpha value is -2.35. The lowest BCUT2D eigenvalue weighted by atomic mass is 9.99. The van der Waals surface area contributed by atoms with Crippen molar-refractivity contribution >= 4 is 29.4 Å². The van der Waals surface area contributed by atoms with Gasteiger partial charge in [-0.1, -0.05) is 31.9 Å². The second-order valence-electron chi connectivity index (χ2n) is 5.48. The Morgan fingerprint density at radius 2 is 1.96 bits per heavy atom. The summed E-state index contributed by atoms with van der Waals surface area (Å²) in [7, 11) is 1.22. The molecule has 0 saturated carbocycles. The smallest absolute Gasteiger partial charge is 0.344 e. The number of nitrogens with one attached hydrogen (secondary N) is 1. The summed E-state index contributed by atoms with van der Waals surface area (Å²) in [5, 5.41) is 2.47. The van der Waals surface area contributed by atoms with Crippen LogP contribution in [-0.2, 0) is 23.9 Å². The fourth-order valence-electron chi connectivity index (χ4n) is 1.93. The molecule has 0 aliphatic rings. The topological polar surface area (TPSA) is 90.9 Å². The van der Waals surface area contributed by atoms with Crippen molar-refractivity contribution in [2.24, 2.45) is 5.92 Å². The van der Waals surface area contributed by atoms with E-state index in [0.29, 0.717) is 6.42 Å². The Bertz CT molecular complexity index is 654. The van der Waals surface area contributed by atoms with Crippen molar-refractivity contribution < 1.29 is 33.0 Å². The van der Waals surface area contributed by atoms with Gasteiger partial charge in [0.05, 0.1) is 12.1 Å². The molecule has 0 bridgehead atoms. The number of carbonyl (C=O) groups is 3. The van der Waals surface area contributed by atoms with E-state index in [1.54, 1.807) is 6.92 Å². The monoisotopic (exact) mass is 389 g/mol. The van der Waals surface area contributed by atoms with Gasteiger partial charge in [-0.3, -0.25) is 4.79 Å². The molecule has 0 aromatic heterocycles. The molecule has 1 aromatic carbocycles. The van der Waals surface area contributed by atoms with Crippen molar-refractivity contribution in [2.75, 3.05) is 20.3 Å². The molecule has 0 heterocycles. The molecule has 1 aromatic rings. The molecule has 0 spiro atoms. The summed E-state index contributed by atoms with van der Waals surface area (Å²) in [6, 6.07) is 2.61. The number of methoxy groups -OCH3 is 1. The highest BCUT2D eigenvalue weighted by Gasteiger charge is 2.26. The Morgan fingerprint density at radius 3 is 2.54 bits per heavy atom. The van der Waals surface area contributed by atoms with Gasteiger partial charge in [0.2, 0.25) is 0 Å². The number of hydrogen-bond donors (Lipinski definition) is 1. The highest BCUT2D eigenvalue weighted by molar-refractivity contribution is 6.32. The molecular weight excluding hydrogens is 369 g/mol. The summed E-state index contributed by atoms with van der Waals surface area (Å²) in [6.45, 7) is 2.56. The molecule has 2 atom stereocenters. The zero-order valence-electron chi connectivity index (χ0n) is 14.7. The lowest BCUT2D eigenvalue weighted by Gasteiger charge is -2.21. The van der Waals surface area contributed by atoms with E-state index in [0.717, 1.165) is 12.1 Å². The third-order valence-corrected chi connectivity index (χ3v) is 3.88.